The Labute approximate surface area is 175 Å². The fourth-order valence-electron chi connectivity index (χ4n) is 3.55. The van der Waals surface area contributed by atoms with Crippen LogP contribution in [0.4, 0.5) is 5.69 Å². The van der Waals surface area contributed by atoms with Crippen LogP contribution >= 0.6 is 27.3 Å². The molecule has 3 rings (SSSR count). The van der Waals surface area contributed by atoms with E-state index in [4.69, 9.17) is 9.47 Å². The quantitative estimate of drug-likeness (QED) is 0.477. The topological polar surface area (TPSA) is 72.9 Å². The second-order valence-electron chi connectivity index (χ2n) is 6.16. The van der Waals surface area contributed by atoms with E-state index in [2.05, 4.69) is 15.9 Å². The molecule has 1 aromatic carbocycles. The Hall–Kier alpha value is -2.19. The van der Waals surface area contributed by atoms with E-state index in [0.717, 1.165) is 4.88 Å². The molecule has 0 bridgehead atoms. The van der Waals surface area contributed by atoms with E-state index in [9.17, 15) is 14.4 Å². The van der Waals surface area contributed by atoms with Crippen LogP contribution in [0.1, 0.15) is 31.1 Å². The number of anilines is 1. The van der Waals surface area contributed by atoms with Gasteiger partial charge in [-0.2, -0.15) is 0 Å². The summed E-state index contributed by atoms with van der Waals surface area (Å²) in [5.41, 5.74) is -1.50. The zero-order valence-corrected chi connectivity index (χ0v) is 17.9. The number of ether oxygens (including phenoxy) is 2. The molecule has 2 heterocycles. The second kappa shape index (κ2) is 8.45. The molecule has 0 N–H and O–H groups in total. The normalized spacial score (nSPS) is 18.2. The molecule has 0 radical (unpaired) electrons. The molecule has 1 saturated heterocycles. The number of hydrogen-bond donors (Lipinski definition) is 0. The maximum atomic E-state index is 13.3. The van der Waals surface area contributed by atoms with Crippen molar-refractivity contribution in [2.75, 3.05) is 18.1 Å². The molecule has 0 spiro atoms. The predicted molar refractivity (Wildman–Crippen MR) is 109 cm³/mol. The molecule has 0 saturated carbocycles. The van der Waals surface area contributed by atoms with Gasteiger partial charge in [-0.3, -0.25) is 9.69 Å². The van der Waals surface area contributed by atoms with Gasteiger partial charge >= 0.3 is 11.9 Å². The number of rotatable bonds is 6. The summed E-state index contributed by atoms with van der Waals surface area (Å²) in [4.78, 5) is 41.8. The van der Waals surface area contributed by atoms with E-state index in [1.54, 1.807) is 38.1 Å². The average molecular weight is 466 g/mol. The van der Waals surface area contributed by atoms with E-state index in [1.165, 1.54) is 16.2 Å². The molecule has 1 unspecified atom stereocenters. The van der Waals surface area contributed by atoms with Gasteiger partial charge in [0.05, 0.1) is 18.9 Å². The predicted octanol–water partition coefficient (Wildman–Crippen LogP) is 3.90. The van der Waals surface area contributed by atoms with Gasteiger partial charge in [0.2, 0.25) is 5.91 Å². The lowest BCUT2D eigenvalue weighted by molar-refractivity contribution is -0.164. The van der Waals surface area contributed by atoms with Crippen molar-refractivity contribution in [3.63, 3.8) is 0 Å². The number of esters is 2. The van der Waals surface area contributed by atoms with Gasteiger partial charge in [0.1, 0.15) is 0 Å². The highest BCUT2D eigenvalue weighted by molar-refractivity contribution is 9.10. The van der Waals surface area contributed by atoms with Crippen LogP contribution in [0, 0.1) is 0 Å². The van der Waals surface area contributed by atoms with Crippen molar-refractivity contribution < 1.29 is 23.9 Å². The van der Waals surface area contributed by atoms with Gasteiger partial charge in [-0.1, -0.05) is 18.2 Å². The van der Waals surface area contributed by atoms with Crippen LogP contribution in [0.25, 0.3) is 0 Å². The first-order valence-corrected chi connectivity index (χ1v) is 10.6. The third-order valence-corrected chi connectivity index (χ3v) is 6.29. The highest BCUT2D eigenvalue weighted by Gasteiger charge is 2.67. The minimum Gasteiger partial charge on any atom is -0.464 e. The van der Waals surface area contributed by atoms with Gasteiger partial charge in [-0.25, -0.2) is 9.59 Å². The summed E-state index contributed by atoms with van der Waals surface area (Å²) in [7, 11) is 0. The van der Waals surface area contributed by atoms with Gasteiger partial charge < -0.3 is 9.47 Å². The summed E-state index contributed by atoms with van der Waals surface area (Å²) >= 11 is 4.83. The second-order valence-corrected chi connectivity index (χ2v) is 7.99. The largest absolute Gasteiger partial charge is 0.464 e. The molecule has 2 aromatic rings. The number of nitrogens with zero attached hydrogens (tertiary/aromatic N) is 1. The molecular formula is C20H20BrNO5S. The fourth-order valence-corrected chi connectivity index (χ4v) is 4.90. The highest BCUT2D eigenvalue weighted by atomic mass is 79.9. The van der Waals surface area contributed by atoms with Crippen LogP contribution in [0.5, 0.6) is 0 Å². The van der Waals surface area contributed by atoms with Crippen LogP contribution in [0.3, 0.4) is 0 Å². The number of amides is 1. The number of halogens is 1. The van der Waals surface area contributed by atoms with Crippen LogP contribution < -0.4 is 4.90 Å². The molecule has 1 amide bonds. The molecule has 1 aliphatic heterocycles. The Kier molecular flexibility index (Phi) is 6.20. The minimum absolute atomic E-state index is 0.000520. The van der Waals surface area contributed by atoms with E-state index < -0.39 is 23.4 Å². The van der Waals surface area contributed by atoms with Crippen molar-refractivity contribution in [2.45, 2.75) is 31.7 Å². The molecule has 1 fully saturated rings. The molecule has 6 nitrogen and oxygen atoms in total. The van der Waals surface area contributed by atoms with Gasteiger partial charge in [0.15, 0.2) is 0 Å². The van der Waals surface area contributed by atoms with Crippen LogP contribution in [-0.4, -0.2) is 36.6 Å². The Bertz CT molecular complexity index is 864. The van der Waals surface area contributed by atoms with Crippen molar-refractivity contribution in [3.8, 4) is 0 Å². The molecule has 8 heteroatoms. The van der Waals surface area contributed by atoms with Crippen LogP contribution in [0.2, 0.25) is 0 Å². The molecule has 148 valence electrons. The van der Waals surface area contributed by atoms with E-state index in [0.29, 0.717) is 10.2 Å². The molecule has 0 aliphatic carbocycles. The van der Waals surface area contributed by atoms with Crippen molar-refractivity contribution >= 4 is 50.8 Å². The van der Waals surface area contributed by atoms with E-state index >= 15 is 0 Å². The van der Waals surface area contributed by atoms with E-state index in [-0.39, 0.29) is 25.5 Å². The maximum absolute atomic E-state index is 13.3. The summed E-state index contributed by atoms with van der Waals surface area (Å²) in [5, 5.41) is 1.85. The number of benzene rings is 1. The third kappa shape index (κ3) is 3.24. The third-order valence-electron chi connectivity index (χ3n) is 4.64. The van der Waals surface area contributed by atoms with Crippen molar-refractivity contribution in [2.24, 2.45) is 0 Å². The number of para-hydroxylation sites is 1. The zero-order valence-electron chi connectivity index (χ0n) is 15.5. The minimum atomic E-state index is -1.92. The summed E-state index contributed by atoms with van der Waals surface area (Å²) in [5.74, 6) is -2.61. The number of carbonyl (C=O) groups is 3. The van der Waals surface area contributed by atoms with Gasteiger partial charge in [-0.05, 0) is 53.4 Å². The van der Waals surface area contributed by atoms with Gasteiger partial charge in [0.25, 0.3) is 5.54 Å². The summed E-state index contributed by atoms with van der Waals surface area (Å²) < 4.78 is 11.2. The Morgan fingerprint density at radius 3 is 2.32 bits per heavy atom. The van der Waals surface area contributed by atoms with Crippen molar-refractivity contribution in [1.82, 2.24) is 0 Å². The summed E-state index contributed by atoms with van der Waals surface area (Å²) in [6.45, 7) is 3.48. The average Bonchev–Trinajstić information content (AvgIpc) is 3.29. The van der Waals surface area contributed by atoms with Crippen molar-refractivity contribution in [3.05, 3.63) is 51.1 Å². The summed E-state index contributed by atoms with van der Waals surface area (Å²) in [6.07, 6.45) is -0.000520. The van der Waals surface area contributed by atoms with Crippen molar-refractivity contribution in [1.29, 1.82) is 0 Å². The molecule has 1 aromatic heterocycles. The monoisotopic (exact) mass is 465 g/mol. The molecular weight excluding hydrogens is 446 g/mol. The van der Waals surface area contributed by atoms with Crippen LogP contribution in [0.15, 0.2) is 46.3 Å². The highest BCUT2D eigenvalue weighted by Crippen LogP contribution is 2.49. The number of thiophene rings is 1. The smallest absolute Gasteiger partial charge is 0.344 e. The lowest BCUT2D eigenvalue weighted by Crippen LogP contribution is -2.62. The molecule has 1 aliphatic rings. The first-order valence-electron chi connectivity index (χ1n) is 8.93. The zero-order chi connectivity index (χ0) is 20.3. The fraction of sp³-hybridized carbons (Fsp3) is 0.350. The van der Waals surface area contributed by atoms with Gasteiger partial charge in [0, 0.05) is 21.7 Å². The standard InChI is InChI=1S/C20H20BrNO5S/c1-3-26-18(24)20(19(25)27-4-2)13(16-10-7-11-28-16)12-17(23)22(20)15-9-6-5-8-14(15)21/h5-11,13H,3-4,12H2,1-2H3. The van der Waals surface area contributed by atoms with E-state index in [1.807, 2.05) is 17.5 Å². The lowest BCUT2D eigenvalue weighted by Gasteiger charge is -2.37. The first-order chi connectivity index (χ1) is 13.5. The Balaban J connectivity index is 2.29. The number of carbonyl (C=O) groups excluding carboxylic acids is 3. The number of hydrogen-bond acceptors (Lipinski definition) is 6. The molecule has 28 heavy (non-hydrogen) atoms. The SMILES string of the molecule is CCOC(=O)C1(C(=O)OCC)C(c2cccs2)CC(=O)N1c1ccccc1Br. The summed E-state index contributed by atoms with van der Waals surface area (Å²) in [6, 6.07) is 10.6. The Morgan fingerprint density at radius 1 is 1.14 bits per heavy atom. The first kappa shape index (κ1) is 20.5. The Morgan fingerprint density at radius 2 is 1.79 bits per heavy atom. The van der Waals surface area contributed by atoms with Crippen LogP contribution in [-0.2, 0) is 23.9 Å². The lowest BCUT2D eigenvalue weighted by atomic mass is 9.83. The van der Waals surface area contributed by atoms with Gasteiger partial charge in [-0.15, -0.1) is 11.3 Å². The molecule has 1 atom stereocenters. The maximum Gasteiger partial charge on any atom is 0.344 e.